The van der Waals surface area contributed by atoms with Crippen molar-refractivity contribution < 1.29 is 18.7 Å². The van der Waals surface area contributed by atoms with E-state index in [9.17, 15) is 13.6 Å². The molecular weight excluding hydrogens is 218 g/mol. The third kappa shape index (κ3) is 2.66. The van der Waals surface area contributed by atoms with E-state index in [1.54, 1.807) is 0 Å². The molecule has 0 spiro atoms. The van der Waals surface area contributed by atoms with E-state index >= 15 is 0 Å². The zero-order valence-electron chi connectivity index (χ0n) is 8.63. The SMILES string of the molecule is CC(O)CNC(=O)c1c(F)ccc(N)c1F. The van der Waals surface area contributed by atoms with Gasteiger partial charge in [0.2, 0.25) is 0 Å². The number of aliphatic hydroxyl groups excluding tert-OH is 1. The zero-order valence-corrected chi connectivity index (χ0v) is 8.63. The van der Waals surface area contributed by atoms with Crippen LogP contribution < -0.4 is 11.1 Å². The Hall–Kier alpha value is -1.69. The smallest absolute Gasteiger partial charge is 0.257 e. The fraction of sp³-hybridized carbons (Fsp3) is 0.300. The third-order valence-corrected chi connectivity index (χ3v) is 1.91. The van der Waals surface area contributed by atoms with Gasteiger partial charge in [-0.1, -0.05) is 0 Å². The van der Waals surface area contributed by atoms with Gasteiger partial charge < -0.3 is 16.2 Å². The largest absolute Gasteiger partial charge is 0.396 e. The molecule has 1 aromatic rings. The Labute approximate surface area is 91.1 Å². The van der Waals surface area contributed by atoms with Gasteiger partial charge in [0.15, 0.2) is 5.82 Å². The highest BCUT2D eigenvalue weighted by atomic mass is 19.1. The summed E-state index contributed by atoms with van der Waals surface area (Å²) in [5.74, 6) is -3.03. The van der Waals surface area contributed by atoms with Gasteiger partial charge in [0.05, 0.1) is 11.8 Å². The number of nitrogens with one attached hydrogen (secondary N) is 1. The molecule has 0 saturated carbocycles. The molecule has 4 N–H and O–H groups in total. The molecule has 0 radical (unpaired) electrons. The van der Waals surface area contributed by atoms with Crippen molar-refractivity contribution in [1.82, 2.24) is 5.32 Å². The predicted molar refractivity (Wildman–Crippen MR) is 54.8 cm³/mol. The molecular formula is C10H12F2N2O2. The van der Waals surface area contributed by atoms with Gasteiger partial charge in [-0.15, -0.1) is 0 Å². The quantitative estimate of drug-likeness (QED) is 0.667. The van der Waals surface area contributed by atoms with Gasteiger partial charge in [-0.3, -0.25) is 4.79 Å². The van der Waals surface area contributed by atoms with Crippen molar-refractivity contribution in [1.29, 1.82) is 0 Å². The first-order valence-corrected chi connectivity index (χ1v) is 4.63. The summed E-state index contributed by atoms with van der Waals surface area (Å²) in [5.41, 5.74) is 4.17. The van der Waals surface area contributed by atoms with Crippen molar-refractivity contribution >= 4 is 11.6 Å². The van der Waals surface area contributed by atoms with Crippen LogP contribution in [0.4, 0.5) is 14.5 Å². The molecule has 6 heteroatoms. The lowest BCUT2D eigenvalue weighted by molar-refractivity contribution is 0.0915. The van der Waals surface area contributed by atoms with Gasteiger partial charge in [-0.05, 0) is 19.1 Å². The molecule has 0 saturated heterocycles. The lowest BCUT2D eigenvalue weighted by atomic mass is 10.1. The lowest BCUT2D eigenvalue weighted by Gasteiger charge is -2.09. The topological polar surface area (TPSA) is 75.3 Å². The number of hydrogen-bond donors (Lipinski definition) is 3. The number of aliphatic hydroxyl groups is 1. The molecule has 16 heavy (non-hydrogen) atoms. The molecule has 1 rings (SSSR count). The van der Waals surface area contributed by atoms with E-state index in [0.29, 0.717) is 0 Å². The second-order valence-corrected chi connectivity index (χ2v) is 3.38. The van der Waals surface area contributed by atoms with Crippen molar-refractivity contribution in [2.24, 2.45) is 0 Å². The van der Waals surface area contributed by atoms with E-state index in [1.165, 1.54) is 6.92 Å². The number of hydrogen-bond acceptors (Lipinski definition) is 3. The van der Waals surface area contributed by atoms with E-state index in [2.05, 4.69) is 5.32 Å². The first-order valence-electron chi connectivity index (χ1n) is 4.63. The number of carbonyl (C=O) groups is 1. The van der Waals surface area contributed by atoms with Gasteiger partial charge in [-0.25, -0.2) is 8.78 Å². The van der Waals surface area contributed by atoms with E-state index in [4.69, 9.17) is 10.8 Å². The van der Waals surface area contributed by atoms with Gasteiger partial charge in [0, 0.05) is 6.54 Å². The monoisotopic (exact) mass is 230 g/mol. The van der Waals surface area contributed by atoms with Crippen molar-refractivity contribution in [3.05, 3.63) is 29.3 Å². The normalized spacial score (nSPS) is 12.2. The van der Waals surface area contributed by atoms with Crippen LogP contribution in [-0.2, 0) is 0 Å². The first kappa shape index (κ1) is 12.4. The predicted octanol–water partition coefficient (Wildman–Crippen LogP) is 0.658. The number of rotatable bonds is 3. The van der Waals surface area contributed by atoms with Crippen LogP contribution >= 0.6 is 0 Å². The molecule has 0 aliphatic rings. The van der Waals surface area contributed by atoms with Crippen molar-refractivity contribution in [2.75, 3.05) is 12.3 Å². The van der Waals surface area contributed by atoms with Crippen molar-refractivity contribution in [3.8, 4) is 0 Å². The number of amides is 1. The number of benzene rings is 1. The maximum atomic E-state index is 13.3. The van der Waals surface area contributed by atoms with Crippen LogP contribution in [0.1, 0.15) is 17.3 Å². The molecule has 0 aliphatic carbocycles. The number of nitrogens with two attached hydrogens (primary N) is 1. The average molecular weight is 230 g/mol. The van der Waals surface area contributed by atoms with Crippen LogP contribution in [0.3, 0.4) is 0 Å². The second kappa shape index (κ2) is 4.89. The summed E-state index contributed by atoms with van der Waals surface area (Å²) in [6, 6.07) is 1.95. The van der Waals surface area contributed by atoms with Crippen LogP contribution in [0, 0.1) is 11.6 Å². The number of carbonyl (C=O) groups excluding carboxylic acids is 1. The minimum Gasteiger partial charge on any atom is -0.396 e. The number of anilines is 1. The van der Waals surface area contributed by atoms with Crippen LogP contribution in [0.25, 0.3) is 0 Å². The highest BCUT2D eigenvalue weighted by Gasteiger charge is 2.19. The fourth-order valence-electron chi connectivity index (χ4n) is 1.11. The summed E-state index contributed by atoms with van der Waals surface area (Å²) in [6.07, 6.45) is -0.795. The van der Waals surface area contributed by atoms with Crippen molar-refractivity contribution in [3.63, 3.8) is 0 Å². The van der Waals surface area contributed by atoms with E-state index in [1.807, 2.05) is 0 Å². The van der Waals surface area contributed by atoms with Crippen molar-refractivity contribution in [2.45, 2.75) is 13.0 Å². The lowest BCUT2D eigenvalue weighted by Crippen LogP contribution is -2.32. The molecule has 0 aliphatic heterocycles. The molecule has 0 aromatic heterocycles. The van der Waals surface area contributed by atoms with E-state index < -0.39 is 29.2 Å². The summed E-state index contributed by atoms with van der Waals surface area (Å²) >= 11 is 0. The highest BCUT2D eigenvalue weighted by Crippen LogP contribution is 2.18. The van der Waals surface area contributed by atoms with E-state index in [-0.39, 0.29) is 12.2 Å². The Morgan fingerprint density at radius 1 is 1.56 bits per heavy atom. The highest BCUT2D eigenvalue weighted by molar-refractivity contribution is 5.95. The molecule has 1 atom stereocenters. The molecule has 1 aromatic carbocycles. The Morgan fingerprint density at radius 2 is 2.19 bits per heavy atom. The maximum Gasteiger partial charge on any atom is 0.257 e. The summed E-state index contributed by atoms with van der Waals surface area (Å²) < 4.78 is 26.5. The van der Waals surface area contributed by atoms with Crippen LogP contribution in [-0.4, -0.2) is 23.7 Å². The number of nitrogen functional groups attached to an aromatic ring is 1. The van der Waals surface area contributed by atoms with Gasteiger partial charge in [-0.2, -0.15) is 0 Å². The van der Waals surface area contributed by atoms with Gasteiger partial charge in [0.25, 0.3) is 5.91 Å². The molecule has 88 valence electrons. The molecule has 1 unspecified atom stereocenters. The fourth-order valence-corrected chi connectivity index (χ4v) is 1.11. The second-order valence-electron chi connectivity index (χ2n) is 3.38. The van der Waals surface area contributed by atoms with Crippen LogP contribution in [0.15, 0.2) is 12.1 Å². The Kier molecular flexibility index (Phi) is 3.78. The molecule has 0 heterocycles. The third-order valence-electron chi connectivity index (χ3n) is 1.91. The molecule has 0 fully saturated rings. The summed E-state index contributed by atoms with van der Waals surface area (Å²) in [6.45, 7) is 1.35. The Balaban J connectivity index is 2.95. The molecule has 4 nitrogen and oxygen atoms in total. The minimum atomic E-state index is -1.09. The minimum absolute atomic E-state index is 0.0908. The van der Waals surface area contributed by atoms with Gasteiger partial charge >= 0.3 is 0 Å². The maximum absolute atomic E-state index is 13.3. The van der Waals surface area contributed by atoms with Crippen LogP contribution in [0.2, 0.25) is 0 Å². The Morgan fingerprint density at radius 3 is 2.75 bits per heavy atom. The van der Waals surface area contributed by atoms with E-state index in [0.717, 1.165) is 12.1 Å². The summed E-state index contributed by atoms with van der Waals surface area (Å²) in [5, 5.41) is 11.1. The van der Waals surface area contributed by atoms with Crippen LogP contribution in [0.5, 0.6) is 0 Å². The zero-order chi connectivity index (χ0) is 12.3. The first-order chi connectivity index (χ1) is 7.43. The Bertz CT molecular complexity index is 408. The molecule has 1 amide bonds. The average Bonchev–Trinajstić information content (AvgIpc) is 2.21. The standard InChI is InChI=1S/C10H12F2N2O2/c1-5(15)4-14-10(16)8-6(11)2-3-7(13)9(8)12/h2-3,5,15H,4,13H2,1H3,(H,14,16). The molecule has 0 bridgehead atoms. The van der Waals surface area contributed by atoms with Gasteiger partial charge in [0.1, 0.15) is 11.4 Å². The summed E-state index contributed by atoms with van der Waals surface area (Å²) in [7, 11) is 0. The summed E-state index contributed by atoms with van der Waals surface area (Å²) in [4.78, 5) is 11.4. The number of halogens is 2.